The predicted octanol–water partition coefficient (Wildman–Crippen LogP) is 2.16. The van der Waals surface area contributed by atoms with Crippen LogP contribution in [0, 0.1) is 63.7 Å². The number of aliphatic hydroxyl groups excluding tert-OH is 3. The van der Waals surface area contributed by atoms with Gasteiger partial charge < -0.3 is 0 Å². The summed E-state index contributed by atoms with van der Waals surface area (Å²) in [6, 6.07) is 0. The summed E-state index contributed by atoms with van der Waals surface area (Å²) in [5.74, 6) is 1.06. The first-order valence-corrected chi connectivity index (χ1v) is 11.7. The molecular weight excluding hydrogens is 430 g/mol. The van der Waals surface area contributed by atoms with Crippen LogP contribution in [0.15, 0.2) is 0 Å². The molecule has 0 unspecified atom stereocenters. The van der Waals surface area contributed by atoms with Crippen molar-refractivity contribution < 1.29 is 32.4 Å². The molecule has 0 spiro atoms. The van der Waals surface area contributed by atoms with E-state index in [0.717, 1.165) is 5.92 Å². The average molecular weight is 450 g/mol. The van der Waals surface area contributed by atoms with Crippen molar-refractivity contribution in [2.24, 2.45) is 0 Å². The third-order valence-corrected chi connectivity index (χ3v) is 9.97. The van der Waals surface area contributed by atoms with Gasteiger partial charge >= 0.3 is 98.4 Å². The number of aliphatic hydroxyl groups is 3. The summed E-state index contributed by atoms with van der Waals surface area (Å²) in [5.41, 5.74) is 0. The fourth-order valence-electron chi connectivity index (χ4n) is 1.58. The second kappa shape index (κ2) is 10.4. The number of hydrogen-bond donors (Lipinski definition) is 3. The Bertz CT molecular complexity index is 236. The zero-order valence-electron chi connectivity index (χ0n) is 11.0. The fourth-order valence-corrected chi connectivity index (χ4v) is 4.45. The minimum Gasteiger partial charge on any atom is -0.0312 e. The van der Waals surface area contributed by atoms with Gasteiger partial charge in [-0.1, -0.05) is 0 Å². The summed E-state index contributed by atoms with van der Waals surface area (Å²) >= 11 is 2.08. The molecule has 0 saturated heterocycles. The van der Waals surface area contributed by atoms with Gasteiger partial charge in [0.15, 0.2) is 0 Å². The predicted molar refractivity (Wildman–Crippen MR) is 89.0 cm³/mol. The van der Waals surface area contributed by atoms with Crippen LogP contribution in [0.1, 0.15) is 0 Å². The van der Waals surface area contributed by atoms with E-state index in [9.17, 15) is 15.3 Å². The molecule has 2 aliphatic carbocycles. The molecule has 0 aromatic carbocycles. The first-order chi connectivity index (χ1) is 9.06. The minimum absolute atomic E-state index is 0. The smallest absolute Gasteiger partial charge is 0 e. The van der Waals surface area contributed by atoms with Crippen molar-refractivity contribution in [3.05, 3.63) is 63.7 Å². The maximum absolute atomic E-state index is 9.37. The zero-order chi connectivity index (χ0) is 14.2. The monoisotopic (exact) mass is 450 g/mol. The Kier molecular flexibility index (Phi) is 11.2. The number of hydrogen-bond acceptors (Lipinski definition) is 3. The van der Waals surface area contributed by atoms with E-state index in [4.69, 9.17) is 0 Å². The molecule has 114 valence electrons. The van der Waals surface area contributed by atoms with Crippen LogP contribution in [0.5, 0.6) is 0 Å². The zero-order valence-corrected chi connectivity index (χ0v) is 15.2. The maximum atomic E-state index is 9.37. The Morgan fingerprint density at radius 2 is 1.10 bits per heavy atom. The van der Waals surface area contributed by atoms with Crippen molar-refractivity contribution in [1.82, 2.24) is 0 Å². The fraction of sp³-hybridized carbons (Fsp3) is 0.286. The average Bonchev–Trinajstić information content (AvgIpc) is 3.15. The van der Waals surface area contributed by atoms with Gasteiger partial charge in [0.1, 0.15) is 0 Å². The molecule has 0 amide bonds. The molecule has 0 aromatic rings. The van der Waals surface area contributed by atoms with E-state index >= 15 is 0 Å². The second-order valence-electron chi connectivity index (χ2n) is 4.66. The van der Waals surface area contributed by atoms with E-state index in [-0.39, 0.29) is 36.1 Å². The molecule has 2 aliphatic rings. The van der Waals surface area contributed by atoms with Gasteiger partial charge in [0.25, 0.3) is 0 Å². The minimum atomic E-state index is -2.76. The van der Waals surface area contributed by atoms with Crippen LogP contribution < -0.4 is 0 Å². The molecule has 6 heteroatoms. The van der Waals surface area contributed by atoms with Crippen LogP contribution >= 0.6 is 26.3 Å². The molecule has 2 saturated carbocycles. The van der Waals surface area contributed by atoms with Crippen LogP contribution in [-0.2, 0) is 17.1 Å². The molecule has 0 atom stereocenters. The summed E-state index contributed by atoms with van der Waals surface area (Å²) in [4.78, 5) is 0. The summed E-state index contributed by atoms with van der Waals surface area (Å²) < 4.78 is -2.76. The van der Waals surface area contributed by atoms with Gasteiger partial charge in [-0.2, -0.15) is 0 Å². The molecule has 3 N–H and O–H groups in total. The molecule has 0 bridgehead atoms. The molecule has 0 aliphatic heterocycles. The first kappa shape index (κ1) is 21.6. The summed E-state index contributed by atoms with van der Waals surface area (Å²) in [6.07, 6.45) is 17.9. The maximum Gasteiger partial charge on any atom is 0 e. The van der Waals surface area contributed by atoms with Crippen LogP contribution in [0.3, 0.4) is 0 Å². The van der Waals surface area contributed by atoms with Crippen LogP contribution in [0.4, 0.5) is 0 Å². The third kappa shape index (κ3) is 6.76. The van der Waals surface area contributed by atoms with Crippen molar-refractivity contribution in [2.45, 2.75) is 0 Å². The van der Waals surface area contributed by atoms with Crippen LogP contribution in [0.2, 0.25) is 0 Å². The summed E-state index contributed by atoms with van der Waals surface area (Å²) in [5, 5.41) is 28.1. The Balaban J connectivity index is 0.000000507. The second-order valence-corrected chi connectivity index (χ2v) is 17.6. The van der Waals surface area contributed by atoms with Crippen molar-refractivity contribution >= 4 is 26.3 Å². The van der Waals surface area contributed by atoms with Gasteiger partial charge in [0.2, 0.25) is 0 Å². The van der Waals surface area contributed by atoms with Gasteiger partial charge in [-0.25, -0.2) is 0 Å². The summed E-state index contributed by atoms with van der Waals surface area (Å²) in [7, 11) is 0. The first-order valence-electron chi connectivity index (χ1n) is 5.98. The van der Waals surface area contributed by atoms with E-state index in [2.05, 4.69) is 22.0 Å². The van der Waals surface area contributed by atoms with E-state index in [1.54, 1.807) is 0 Å². The van der Waals surface area contributed by atoms with Crippen molar-refractivity contribution in [3.8, 4) is 0 Å². The normalized spacial score (nSPS) is 21.5. The van der Waals surface area contributed by atoms with Crippen molar-refractivity contribution in [2.75, 3.05) is 25.2 Å². The van der Waals surface area contributed by atoms with Gasteiger partial charge in [0.05, 0.1) is 0 Å². The summed E-state index contributed by atoms with van der Waals surface area (Å²) in [6.45, 7) is 0. The molecular formula is C14H20FeIO3P. The van der Waals surface area contributed by atoms with Gasteiger partial charge in [0, 0.05) is 17.1 Å². The van der Waals surface area contributed by atoms with E-state index in [1.165, 1.54) is 0 Å². The van der Waals surface area contributed by atoms with Gasteiger partial charge in [-0.3, -0.25) is 0 Å². The van der Waals surface area contributed by atoms with Crippen LogP contribution in [-0.4, -0.2) is 40.5 Å². The van der Waals surface area contributed by atoms with E-state index < -0.39 is 4.25 Å². The van der Waals surface area contributed by atoms with Crippen LogP contribution in [0.25, 0.3) is 0 Å². The largest absolute Gasteiger partial charge is 0.0312 e. The molecule has 20 heavy (non-hydrogen) atoms. The number of halogens is 1. The molecule has 3 nitrogen and oxygen atoms in total. The Hall–Kier alpha value is 1.56. The quantitative estimate of drug-likeness (QED) is 0.342. The Morgan fingerprint density at radius 3 is 1.40 bits per heavy atom. The number of rotatable bonds is 5. The van der Waals surface area contributed by atoms with Gasteiger partial charge in [-0.15, -0.1) is 0 Å². The van der Waals surface area contributed by atoms with Gasteiger partial charge in [-0.05, 0) is 32.1 Å². The van der Waals surface area contributed by atoms with E-state index in [0.29, 0.717) is 6.16 Å². The molecule has 2 fully saturated rings. The topological polar surface area (TPSA) is 60.7 Å². The molecule has 10 radical (unpaired) electrons. The van der Waals surface area contributed by atoms with E-state index in [1.807, 2.05) is 57.8 Å². The Labute approximate surface area is 147 Å². The Morgan fingerprint density at radius 1 is 0.750 bits per heavy atom. The van der Waals surface area contributed by atoms with Crippen molar-refractivity contribution in [1.29, 1.82) is 0 Å². The standard InChI is InChI=1S/C9H15IO3P.C5H5.Fe/c10-14(6-11,7-12,8-13)5-9-3-1-2-4-9;1-2-4-5-3-1;/h1-4,11-13H,5-8H2;1-5H;. The molecule has 0 aromatic heterocycles. The SMILES string of the molecule is OCP(I)(CO)(CO)C[C]1[CH][CH][CH][CH]1.[CH]1[CH][CH][CH][CH]1.[Fe]. The van der Waals surface area contributed by atoms with Crippen molar-refractivity contribution in [3.63, 3.8) is 0 Å². The molecule has 0 heterocycles. The third-order valence-electron chi connectivity index (χ3n) is 2.93. The molecule has 2 rings (SSSR count).